The molecule has 2 N–H and O–H groups in total. The second-order valence-corrected chi connectivity index (χ2v) is 5.89. The van der Waals surface area contributed by atoms with Crippen LogP contribution < -0.4 is 11.3 Å². The molecule has 2 heterocycles. The van der Waals surface area contributed by atoms with Gasteiger partial charge in [-0.1, -0.05) is 13.8 Å². The summed E-state index contributed by atoms with van der Waals surface area (Å²) in [4.78, 5) is 14.2. The molecule has 0 bridgehead atoms. The molecule has 1 aromatic heterocycles. The van der Waals surface area contributed by atoms with Gasteiger partial charge in [0.1, 0.15) is 0 Å². The third kappa shape index (κ3) is 3.83. The number of aromatic nitrogens is 1. The number of nitrogen functional groups attached to an aromatic ring is 1. The summed E-state index contributed by atoms with van der Waals surface area (Å²) in [5.74, 6) is 1.62. The van der Waals surface area contributed by atoms with Gasteiger partial charge in [0, 0.05) is 31.0 Å². The maximum Gasteiger partial charge on any atom is 0.250 e. The Morgan fingerprint density at radius 1 is 1.26 bits per heavy atom. The topological polar surface area (TPSA) is 51.3 Å². The molecule has 1 fully saturated rings. The van der Waals surface area contributed by atoms with Crippen molar-refractivity contribution in [1.82, 2.24) is 9.47 Å². The highest BCUT2D eigenvalue weighted by atomic mass is 16.1. The summed E-state index contributed by atoms with van der Waals surface area (Å²) in [5, 5.41) is 0. The number of anilines is 1. The van der Waals surface area contributed by atoms with Gasteiger partial charge in [-0.25, -0.2) is 0 Å². The van der Waals surface area contributed by atoms with Gasteiger partial charge in [0.25, 0.3) is 5.56 Å². The highest BCUT2D eigenvalue weighted by Crippen LogP contribution is 2.22. The zero-order valence-electron chi connectivity index (χ0n) is 12.0. The average Bonchev–Trinajstić information content (AvgIpc) is 2.38. The van der Waals surface area contributed by atoms with E-state index < -0.39 is 0 Å². The van der Waals surface area contributed by atoms with Gasteiger partial charge >= 0.3 is 0 Å². The van der Waals surface area contributed by atoms with Crippen molar-refractivity contribution < 1.29 is 0 Å². The van der Waals surface area contributed by atoms with Gasteiger partial charge in [-0.2, -0.15) is 0 Å². The van der Waals surface area contributed by atoms with Gasteiger partial charge in [0.15, 0.2) is 0 Å². The van der Waals surface area contributed by atoms with Crippen LogP contribution in [0.2, 0.25) is 0 Å². The van der Waals surface area contributed by atoms with E-state index in [9.17, 15) is 4.79 Å². The first-order valence-corrected chi connectivity index (χ1v) is 7.24. The minimum atomic E-state index is 0.0369. The third-order valence-electron chi connectivity index (χ3n) is 4.30. The van der Waals surface area contributed by atoms with Gasteiger partial charge in [0.05, 0.1) is 0 Å². The van der Waals surface area contributed by atoms with Gasteiger partial charge < -0.3 is 15.2 Å². The number of piperidine rings is 1. The van der Waals surface area contributed by atoms with Crippen molar-refractivity contribution >= 4 is 5.69 Å². The second-order valence-electron chi connectivity index (χ2n) is 5.89. The van der Waals surface area contributed by atoms with Crippen molar-refractivity contribution in [1.29, 1.82) is 0 Å². The number of rotatable bonds is 4. The molecular formula is C15H25N3O. The molecule has 0 spiro atoms. The Balaban J connectivity index is 1.80. The van der Waals surface area contributed by atoms with E-state index in [1.165, 1.54) is 19.5 Å². The van der Waals surface area contributed by atoms with E-state index in [-0.39, 0.29) is 5.56 Å². The van der Waals surface area contributed by atoms with Gasteiger partial charge in [-0.3, -0.25) is 4.79 Å². The van der Waals surface area contributed by atoms with E-state index in [2.05, 4.69) is 18.7 Å². The zero-order valence-corrected chi connectivity index (χ0v) is 12.0. The third-order valence-corrected chi connectivity index (χ3v) is 4.30. The van der Waals surface area contributed by atoms with Crippen LogP contribution in [0.1, 0.15) is 26.7 Å². The molecule has 0 aliphatic carbocycles. The quantitative estimate of drug-likeness (QED) is 0.901. The standard InChI is InChI=1S/C15H25N3O/c1-12-6-9-17(10-13(12)2)7-3-8-18-11-14(16)4-5-15(18)19/h4-5,11-13H,3,6-10,16H2,1-2H3. The van der Waals surface area contributed by atoms with Crippen LogP contribution in [0.5, 0.6) is 0 Å². The molecule has 2 rings (SSSR count). The van der Waals surface area contributed by atoms with Crippen LogP contribution in [0.3, 0.4) is 0 Å². The molecule has 2 unspecified atom stereocenters. The molecule has 0 aromatic carbocycles. The van der Waals surface area contributed by atoms with Crippen LogP contribution in [-0.2, 0) is 6.54 Å². The van der Waals surface area contributed by atoms with E-state index in [0.29, 0.717) is 5.69 Å². The fraction of sp³-hybridized carbons (Fsp3) is 0.667. The Kier molecular flexibility index (Phi) is 4.64. The van der Waals surface area contributed by atoms with Crippen LogP contribution in [0, 0.1) is 11.8 Å². The Hall–Kier alpha value is -1.29. The number of nitrogens with zero attached hydrogens (tertiary/aromatic N) is 2. The lowest BCUT2D eigenvalue weighted by molar-refractivity contribution is 0.135. The number of aryl methyl sites for hydroxylation is 1. The second kappa shape index (κ2) is 6.24. The number of likely N-dealkylation sites (tertiary alicyclic amines) is 1. The normalized spacial score (nSPS) is 24.5. The van der Waals surface area contributed by atoms with Gasteiger partial charge in [-0.05, 0) is 43.8 Å². The fourth-order valence-corrected chi connectivity index (χ4v) is 2.74. The summed E-state index contributed by atoms with van der Waals surface area (Å²) in [6, 6.07) is 3.20. The molecular weight excluding hydrogens is 238 g/mol. The molecule has 1 aromatic rings. The first kappa shape index (κ1) is 14.1. The van der Waals surface area contributed by atoms with Crippen molar-refractivity contribution in [2.24, 2.45) is 11.8 Å². The van der Waals surface area contributed by atoms with Crippen LogP contribution in [0.15, 0.2) is 23.1 Å². The van der Waals surface area contributed by atoms with E-state index in [1.54, 1.807) is 22.9 Å². The number of pyridine rings is 1. The molecule has 106 valence electrons. The molecule has 4 heteroatoms. The lowest BCUT2D eigenvalue weighted by atomic mass is 9.89. The Morgan fingerprint density at radius 2 is 2.05 bits per heavy atom. The van der Waals surface area contributed by atoms with Gasteiger partial charge in [-0.15, -0.1) is 0 Å². The smallest absolute Gasteiger partial charge is 0.250 e. The predicted octanol–water partition coefficient (Wildman–Crippen LogP) is 1.80. The molecule has 1 aliphatic heterocycles. The van der Waals surface area contributed by atoms with Crippen LogP contribution >= 0.6 is 0 Å². The number of hydrogen-bond acceptors (Lipinski definition) is 3. The van der Waals surface area contributed by atoms with Crippen molar-refractivity contribution in [3.8, 4) is 0 Å². The van der Waals surface area contributed by atoms with Crippen LogP contribution in [-0.4, -0.2) is 29.1 Å². The minimum absolute atomic E-state index is 0.0369. The minimum Gasteiger partial charge on any atom is -0.398 e. The van der Waals surface area contributed by atoms with Crippen molar-refractivity contribution in [3.05, 3.63) is 28.7 Å². The molecule has 0 radical (unpaired) electrons. The Labute approximate surface area is 115 Å². The monoisotopic (exact) mass is 263 g/mol. The van der Waals surface area contributed by atoms with E-state index in [1.807, 2.05) is 0 Å². The Morgan fingerprint density at radius 3 is 2.79 bits per heavy atom. The largest absolute Gasteiger partial charge is 0.398 e. The first-order valence-electron chi connectivity index (χ1n) is 7.24. The summed E-state index contributed by atoms with van der Waals surface area (Å²) in [5.41, 5.74) is 6.40. The molecule has 19 heavy (non-hydrogen) atoms. The summed E-state index contributed by atoms with van der Waals surface area (Å²) in [7, 11) is 0. The predicted molar refractivity (Wildman–Crippen MR) is 79.1 cm³/mol. The summed E-state index contributed by atoms with van der Waals surface area (Å²) < 4.78 is 1.71. The number of nitrogens with two attached hydrogens (primary N) is 1. The van der Waals surface area contributed by atoms with Crippen molar-refractivity contribution in [2.75, 3.05) is 25.4 Å². The molecule has 1 aliphatic rings. The molecule has 0 saturated carbocycles. The molecule has 4 nitrogen and oxygen atoms in total. The fourth-order valence-electron chi connectivity index (χ4n) is 2.74. The summed E-state index contributed by atoms with van der Waals surface area (Å²) in [6.45, 7) is 8.88. The lowest BCUT2D eigenvalue weighted by Crippen LogP contribution is -2.39. The van der Waals surface area contributed by atoms with E-state index in [0.717, 1.165) is 31.3 Å². The average molecular weight is 263 g/mol. The van der Waals surface area contributed by atoms with Crippen molar-refractivity contribution in [3.63, 3.8) is 0 Å². The van der Waals surface area contributed by atoms with Gasteiger partial charge in [0.2, 0.25) is 0 Å². The van der Waals surface area contributed by atoms with E-state index in [4.69, 9.17) is 5.73 Å². The maximum atomic E-state index is 11.6. The summed E-state index contributed by atoms with van der Waals surface area (Å²) >= 11 is 0. The van der Waals surface area contributed by atoms with Crippen molar-refractivity contribution in [2.45, 2.75) is 33.2 Å². The maximum absolute atomic E-state index is 11.6. The molecule has 1 saturated heterocycles. The van der Waals surface area contributed by atoms with Crippen LogP contribution in [0.25, 0.3) is 0 Å². The summed E-state index contributed by atoms with van der Waals surface area (Å²) in [6.07, 6.45) is 4.03. The van der Waals surface area contributed by atoms with Crippen LogP contribution in [0.4, 0.5) is 5.69 Å². The number of hydrogen-bond donors (Lipinski definition) is 1. The SMILES string of the molecule is CC1CCN(CCCn2cc(N)ccc2=O)CC1C. The lowest BCUT2D eigenvalue weighted by Gasteiger charge is -2.35. The molecule has 0 amide bonds. The Bertz CT molecular complexity index is 469. The highest BCUT2D eigenvalue weighted by Gasteiger charge is 2.21. The first-order chi connectivity index (χ1) is 9.06. The highest BCUT2D eigenvalue weighted by molar-refractivity contribution is 5.33. The molecule has 2 atom stereocenters. The zero-order chi connectivity index (χ0) is 13.8. The van der Waals surface area contributed by atoms with E-state index >= 15 is 0 Å².